The van der Waals surface area contributed by atoms with Gasteiger partial charge in [-0.05, 0) is 24.3 Å². The molecule has 2 rings (SSSR count). The molecular weight excluding hydrogens is 164 g/mol. The average Bonchev–Trinajstić information content (AvgIpc) is 2.57. The van der Waals surface area contributed by atoms with E-state index in [1.807, 2.05) is 24.5 Å². The van der Waals surface area contributed by atoms with E-state index in [0.717, 1.165) is 0 Å². The average molecular weight is 174 g/mol. The van der Waals surface area contributed by atoms with Crippen molar-refractivity contribution in [2.75, 3.05) is 5.73 Å². The van der Waals surface area contributed by atoms with E-state index in [1.165, 1.54) is 0 Å². The summed E-state index contributed by atoms with van der Waals surface area (Å²) in [6, 6.07) is 8.86. The molecule has 0 fully saturated rings. The number of phenols is 1. The third-order valence-corrected chi connectivity index (χ3v) is 1.91. The van der Waals surface area contributed by atoms with Gasteiger partial charge in [-0.25, -0.2) is 0 Å². The highest BCUT2D eigenvalue weighted by Crippen LogP contribution is 2.26. The van der Waals surface area contributed by atoms with E-state index in [-0.39, 0.29) is 5.75 Å². The minimum Gasteiger partial charge on any atom is -0.506 e. The van der Waals surface area contributed by atoms with E-state index in [4.69, 9.17) is 5.73 Å². The Morgan fingerprint density at radius 3 is 2.38 bits per heavy atom. The van der Waals surface area contributed by atoms with E-state index in [0.29, 0.717) is 11.4 Å². The van der Waals surface area contributed by atoms with Gasteiger partial charge >= 0.3 is 0 Å². The Morgan fingerprint density at radius 2 is 1.77 bits per heavy atom. The number of phenolic OH excluding ortho intramolecular Hbond substituents is 1. The van der Waals surface area contributed by atoms with Crippen LogP contribution in [-0.2, 0) is 0 Å². The van der Waals surface area contributed by atoms with Crippen LogP contribution in [0.15, 0.2) is 42.7 Å². The molecule has 0 spiro atoms. The van der Waals surface area contributed by atoms with Crippen molar-refractivity contribution in [2.45, 2.75) is 0 Å². The third kappa shape index (κ3) is 1.24. The SMILES string of the molecule is Nc1cccc(O)c1-n1cccc1. The first kappa shape index (κ1) is 7.73. The minimum atomic E-state index is 0.191. The maximum Gasteiger partial charge on any atom is 0.141 e. The summed E-state index contributed by atoms with van der Waals surface area (Å²) in [5, 5.41) is 9.56. The molecule has 0 bridgehead atoms. The zero-order valence-corrected chi connectivity index (χ0v) is 7.01. The number of aromatic hydroxyl groups is 1. The number of nitrogen functional groups attached to an aromatic ring is 1. The predicted octanol–water partition coefficient (Wildman–Crippen LogP) is 1.77. The highest BCUT2D eigenvalue weighted by atomic mass is 16.3. The Morgan fingerprint density at radius 1 is 1.08 bits per heavy atom. The van der Waals surface area contributed by atoms with Crippen molar-refractivity contribution >= 4 is 5.69 Å². The number of aromatic nitrogens is 1. The molecule has 0 saturated heterocycles. The van der Waals surface area contributed by atoms with Crippen molar-refractivity contribution in [1.29, 1.82) is 0 Å². The minimum absolute atomic E-state index is 0.191. The van der Waals surface area contributed by atoms with Gasteiger partial charge in [0.25, 0.3) is 0 Å². The number of anilines is 1. The lowest BCUT2D eigenvalue weighted by Gasteiger charge is -2.08. The number of hydrogen-bond donors (Lipinski definition) is 2. The van der Waals surface area contributed by atoms with Gasteiger partial charge in [-0.2, -0.15) is 0 Å². The number of nitrogens with zero attached hydrogens (tertiary/aromatic N) is 1. The monoisotopic (exact) mass is 174 g/mol. The Kier molecular flexibility index (Phi) is 1.70. The largest absolute Gasteiger partial charge is 0.506 e. The second-order valence-corrected chi connectivity index (χ2v) is 2.81. The molecule has 3 nitrogen and oxygen atoms in total. The van der Waals surface area contributed by atoms with E-state index in [2.05, 4.69) is 0 Å². The summed E-state index contributed by atoms with van der Waals surface area (Å²) >= 11 is 0. The van der Waals surface area contributed by atoms with Crippen LogP contribution in [0.5, 0.6) is 5.75 Å². The molecule has 1 aromatic heterocycles. The van der Waals surface area contributed by atoms with E-state index in [1.54, 1.807) is 22.8 Å². The topological polar surface area (TPSA) is 51.2 Å². The molecule has 2 aromatic rings. The zero-order valence-electron chi connectivity index (χ0n) is 7.01. The number of benzene rings is 1. The van der Waals surface area contributed by atoms with Gasteiger partial charge in [-0.15, -0.1) is 0 Å². The summed E-state index contributed by atoms with van der Waals surface area (Å²) in [7, 11) is 0. The summed E-state index contributed by atoms with van der Waals surface area (Å²) in [6.45, 7) is 0. The maximum atomic E-state index is 9.56. The lowest BCUT2D eigenvalue weighted by molar-refractivity contribution is 0.473. The first-order chi connectivity index (χ1) is 6.29. The Bertz CT molecular complexity index is 387. The zero-order chi connectivity index (χ0) is 9.26. The van der Waals surface area contributed by atoms with Crippen LogP contribution < -0.4 is 5.73 Å². The van der Waals surface area contributed by atoms with Crippen LogP contribution >= 0.6 is 0 Å². The number of hydrogen-bond acceptors (Lipinski definition) is 2. The van der Waals surface area contributed by atoms with Crippen molar-refractivity contribution in [3.63, 3.8) is 0 Å². The fourth-order valence-corrected chi connectivity index (χ4v) is 1.31. The summed E-state index contributed by atoms with van der Waals surface area (Å²) in [5.74, 6) is 0.191. The summed E-state index contributed by atoms with van der Waals surface area (Å²) in [4.78, 5) is 0. The van der Waals surface area contributed by atoms with Crippen LogP contribution in [0.25, 0.3) is 5.69 Å². The summed E-state index contributed by atoms with van der Waals surface area (Å²) in [6.07, 6.45) is 3.68. The molecule has 3 heteroatoms. The Labute approximate surface area is 76.0 Å². The Hall–Kier alpha value is -1.90. The quantitative estimate of drug-likeness (QED) is 0.647. The van der Waals surface area contributed by atoms with Crippen LogP contribution in [0.1, 0.15) is 0 Å². The van der Waals surface area contributed by atoms with E-state index < -0.39 is 0 Å². The molecule has 0 atom stereocenters. The molecule has 13 heavy (non-hydrogen) atoms. The second kappa shape index (κ2) is 2.86. The number of nitrogens with two attached hydrogens (primary N) is 1. The predicted molar refractivity (Wildman–Crippen MR) is 51.8 cm³/mol. The second-order valence-electron chi connectivity index (χ2n) is 2.81. The highest BCUT2D eigenvalue weighted by Gasteiger charge is 2.05. The van der Waals surface area contributed by atoms with Gasteiger partial charge in [-0.1, -0.05) is 6.07 Å². The van der Waals surface area contributed by atoms with Gasteiger partial charge in [0.1, 0.15) is 11.4 Å². The summed E-state index contributed by atoms with van der Waals surface area (Å²) in [5.41, 5.74) is 6.93. The lowest BCUT2D eigenvalue weighted by atomic mass is 10.2. The summed E-state index contributed by atoms with van der Waals surface area (Å²) < 4.78 is 1.78. The van der Waals surface area contributed by atoms with Gasteiger partial charge in [0.2, 0.25) is 0 Å². The van der Waals surface area contributed by atoms with Crippen molar-refractivity contribution in [1.82, 2.24) is 4.57 Å². The molecule has 0 amide bonds. The van der Waals surface area contributed by atoms with Gasteiger partial charge in [0.15, 0.2) is 0 Å². The number of rotatable bonds is 1. The molecule has 0 aliphatic heterocycles. The molecule has 1 heterocycles. The standard InChI is InChI=1S/C10H10N2O/c11-8-4-3-5-9(13)10(8)12-6-1-2-7-12/h1-7,13H,11H2. The molecular formula is C10H10N2O. The first-order valence-electron chi connectivity index (χ1n) is 4.00. The molecule has 0 unspecified atom stereocenters. The Balaban J connectivity index is 2.64. The fourth-order valence-electron chi connectivity index (χ4n) is 1.31. The van der Waals surface area contributed by atoms with Gasteiger partial charge in [0, 0.05) is 12.4 Å². The van der Waals surface area contributed by atoms with Gasteiger partial charge in [-0.3, -0.25) is 0 Å². The smallest absolute Gasteiger partial charge is 0.141 e. The van der Waals surface area contributed by atoms with Crippen molar-refractivity contribution in [3.8, 4) is 11.4 Å². The normalized spacial score (nSPS) is 10.2. The molecule has 0 saturated carbocycles. The fraction of sp³-hybridized carbons (Fsp3) is 0. The molecule has 0 aliphatic rings. The third-order valence-electron chi connectivity index (χ3n) is 1.91. The molecule has 0 radical (unpaired) electrons. The maximum absolute atomic E-state index is 9.56. The molecule has 66 valence electrons. The van der Waals surface area contributed by atoms with Gasteiger partial charge < -0.3 is 15.4 Å². The molecule has 1 aromatic carbocycles. The van der Waals surface area contributed by atoms with Crippen LogP contribution in [0, 0.1) is 0 Å². The van der Waals surface area contributed by atoms with Crippen molar-refractivity contribution in [2.24, 2.45) is 0 Å². The van der Waals surface area contributed by atoms with Crippen LogP contribution in [0.2, 0.25) is 0 Å². The van der Waals surface area contributed by atoms with E-state index >= 15 is 0 Å². The lowest BCUT2D eigenvalue weighted by Crippen LogP contribution is -1.97. The van der Waals surface area contributed by atoms with Crippen LogP contribution in [0.4, 0.5) is 5.69 Å². The van der Waals surface area contributed by atoms with Crippen LogP contribution in [-0.4, -0.2) is 9.67 Å². The van der Waals surface area contributed by atoms with E-state index in [9.17, 15) is 5.11 Å². The van der Waals surface area contributed by atoms with Crippen LogP contribution in [0.3, 0.4) is 0 Å². The van der Waals surface area contributed by atoms with Gasteiger partial charge in [0.05, 0.1) is 5.69 Å². The highest BCUT2D eigenvalue weighted by molar-refractivity contribution is 5.64. The van der Waals surface area contributed by atoms with Crippen molar-refractivity contribution in [3.05, 3.63) is 42.7 Å². The first-order valence-corrected chi connectivity index (χ1v) is 4.00. The molecule has 3 N–H and O–H groups in total. The molecule has 0 aliphatic carbocycles. The number of para-hydroxylation sites is 1. The van der Waals surface area contributed by atoms with Crippen molar-refractivity contribution < 1.29 is 5.11 Å².